The Bertz CT molecular complexity index is 629. The van der Waals surface area contributed by atoms with Crippen molar-refractivity contribution in [3.63, 3.8) is 0 Å². The molecule has 1 saturated heterocycles. The minimum absolute atomic E-state index is 0.423. The van der Waals surface area contributed by atoms with Gasteiger partial charge in [-0.15, -0.1) is 10.2 Å². The molecule has 0 amide bonds. The maximum atomic E-state index is 10.3. The van der Waals surface area contributed by atoms with E-state index in [0.29, 0.717) is 0 Å². The fourth-order valence-electron chi connectivity index (χ4n) is 3.31. The zero-order valence-corrected chi connectivity index (χ0v) is 13.2. The summed E-state index contributed by atoms with van der Waals surface area (Å²) in [6, 6.07) is 5.81. The first kappa shape index (κ1) is 14.6. The van der Waals surface area contributed by atoms with Crippen molar-refractivity contribution in [2.75, 3.05) is 37.6 Å². The topological polar surface area (TPSA) is 70.3 Å². The van der Waals surface area contributed by atoms with Gasteiger partial charge in [-0.1, -0.05) is 0 Å². The van der Waals surface area contributed by atoms with E-state index < -0.39 is 5.60 Å². The monoisotopic (exact) mass is 314 g/mol. The SMILES string of the molecule is OC1(CN2CCN(c3ccc(-n4cccn4)nn3)CC2)CCC1. The Balaban J connectivity index is 1.35. The van der Waals surface area contributed by atoms with Crippen LogP contribution in [0.5, 0.6) is 0 Å². The zero-order valence-electron chi connectivity index (χ0n) is 13.2. The molecule has 2 fully saturated rings. The maximum absolute atomic E-state index is 10.3. The van der Waals surface area contributed by atoms with E-state index in [2.05, 4.69) is 25.1 Å². The molecule has 7 heteroatoms. The molecule has 0 spiro atoms. The molecule has 0 aromatic carbocycles. The molecular formula is C16H22N6O. The highest BCUT2D eigenvalue weighted by molar-refractivity contribution is 5.40. The molecule has 122 valence electrons. The number of aromatic nitrogens is 4. The zero-order chi connectivity index (χ0) is 15.7. The molecule has 2 aromatic rings. The van der Waals surface area contributed by atoms with Crippen LogP contribution in [0.2, 0.25) is 0 Å². The molecule has 2 aliphatic rings. The van der Waals surface area contributed by atoms with Gasteiger partial charge in [-0.05, 0) is 37.5 Å². The van der Waals surface area contributed by atoms with Gasteiger partial charge in [0, 0.05) is 45.1 Å². The lowest BCUT2D eigenvalue weighted by molar-refractivity contribution is -0.0594. The molecule has 7 nitrogen and oxygen atoms in total. The van der Waals surface area contributed by atoms with Crippen LogP contribution in [0.4, 0.5) is 5.82 Å². The van der Waals surface area contributed by atoms with Crippen LogP contribution in [-0.2, 0) is 0 Å². The Kier molecular flexibility index (Phi) is 3.74. The number of β-amino-alcohol motifs (C(OH)–C–C–N with tert-alkyl or cyclic N) is 1. The summed E-state index contributed by atoms with van der Waals surface area (Å²) >= 11 is 0. The summed E-state index contributed by atoms with van der Waals surface area (Å²) in [5.74, 6) is 1.63. The van der Waals surface area contributed by atoms with Gasteiger partial charge in [0.05, 0.1) is 5.60 Å². The Hall–Kier alpha value is -1.99. The third-order valence-electron chi connectivity index (χ3n) is 4.87. The fourth-order valence-corrected chi connectivity index (χ4v) is 3.31. The Morgan fingerprint density at radius 1 is 1.04 bits per heavy atom. The van der Waals surface area contributed by atoms with E-state index in [1.807, 2.05) is 24.4 Å². The van der Waals surface area contributed by atoms with E-state index in [4.69, 9.17) is 0 Å². The van der Waals surface area contributed by atoms with E-state index in [1.54, 1.807) is 10.9 Å². The lowest BCUT2D eigenvalue weighted by Crippen LogP contribution is -2.54. The van der Waals surface area contributed by atoms with Gasteiger partial charge in [-0.25, -0.2) is 4.68 Å². The van der Waals surface area contributed by atoms with Gasteiger partial charge in [0.1, 0.15) is 0 Å². The van der Waals surface area contributed by atoms with Crippen LogP contribution < -0.4 is 4.90 Å². The van der Waals surface area contributed by atoms with Gasteiger partial charge < -0.3 is 10.0 Å². The summed E-state index contributed by atoms with van der Waals surface area (Å²) in [4.78, 5) is 4.61. The molecular weight excluding hydrogens is 292 g/mol. The molecule has 0 atom stereocenters. The van der Waals surface area contributed by atoms with Crippen LogP contribution >= 0.6 is 0 Å². The molecule has 0 radical (unpaired) electrons. The van der Waals surface area contributed by atoms with Crippen molar-refractivity contribution in [2.24, 2.45) is 0 Å². The quantitative estimate of drug-likeness (QED) is 0.896. The fraction of sp³-hybridized carbons (Fsp3) is 0.562. The van der Waals surface area contributed by atoms with Gasteiger partial charge in [0.15, 0.2) is 11.6 Å². The molecule has 0 unspecified atom stereocenters. The lowest BCUT2D eigenvalue weighted by atomic mass is 9.80. The van der Waals surface area contributed by atoms with Gasteiger partial charge in [0.25, 0.3) is 0 Å². The first-order valence-corrected chi connectivity index (χ1v) is 8.25. The van der Waals surface area contributed by atoms with Crippen molar-refractivity contribution < 1.29 is 5.11 Å². The van der Waals surface area contributed by atoms with Crippen LogP contribution in [0.15, 0.2) is 30.6 Å². The van der Waals surface area contributed by atoms with Crippen LogP contribution in [-0.4, -0.2) is 68.3 Å². The number of hydrogen-bond acceptors (Lipinski definition) is 6. The predicted octanol–water partition coefficient (Wildman–Crippen LogP) is 0.699. The summed E-state index contributed by atoms with van der Waals surface area (Å²) < 4.78 is 1.70. The highest BCUT2D eigenvalue weighted by Crippen LogP contribution is 2.32. The first-order valence-electron chi connectivity index (χ1n) is 8.25. The minimum Gasteiger partial charge on any atom is -0.389 e. The molecule has 2 aromatic heterocycles. The molecule has 0 bridgehead atoms. The summed E-state index contributed by atoms with van der Waals surface area (Å²) in [7, 11) is 0. The molecule has 23 heavy (non-hydrogen) atoms. The second-order valence-corrected chi connectivity index (χ2v) is 6.54. The maximum Gasteiger partial charge on any atom is 0.175 e. The summed E-state index contributed by atoms with van der Waals surface area (Å²) in [5.41, 5.74) is -0.423. The molecule has 1 aliphatic carbocycles. The largest absolute Gasteiger partial charge is 0.389 e. The van der Waals surface area contributed by atoms with E-state index in [1.165, 1.54) is 0 Å². The average Bonchev–Trinajstić information content (AvgIpc) is 3.09. The number of aliphatic hydroxyl groups is 1. The van der Waals surface area contributed by atoms with Crippen molar-refractivity contribution in [3.05, 3.63) is 30.6 Å². The number of hydrogen-bond donors (Lipinski definition) is 1. The van der Waals surface area contributed by atoms with E-state index in [9.17, 15) is 5.11 Å². The van der Waals surface area contributed by atoms with E-state index >= 15 is 0 Å². The standard InChI is InChI=1S/C16H22N6O/c23-16(5-1-6-16)13-20-9-11-21(12-10-20)14-3-4-15(19-18-14)22-8-2-7-17-22/h2-4,7-8,23H,1,5-6,9-13H2. The average molecular weight is 314 g/mol. The third kappa shape index (κ3) is 3.07. The normalized spacial score (nSPS) is 21.2. The number of nitrogens with zero attached hydrogens (tertiary/aromatic N) is 6. The van der Waals surface area contributed by atoms with Crippen molar-refractivity contribution in [1.29, 1.82) is 0 Å². The highest BCUT2D eigenvalue weighted by atomic mass is 16.3. The van der Waals surface area contributed by atoms with E-state index in [0.717, 1.165) is 63.6 Å². The Morgan fingerprint density at radius 3 is 2.35 bits per heavy atom. The highest BCUT2D eigenvalue weighted by Gasteiger charge is 2.36. The second-order valence-electron chi connectivity index (χ2n) is 6.54. The predicted molar refractivity (Wildman–Crippen MR) is 86.6 cm³/mol. The molecule has 3 heterocycles. The van der Waals surface area contributed by atoms with Gasteiger partial charge in [-0.3, -0.25) is 4.90 Å². The lowest BCUT2D eigenvalue weighted by Gasteiger charge is -2.43. The number of rotatable bonds is 4. The molecule has 4 rings (SSSR count). The third-order valence-corrected chi connectivity index (χ3v) is 4.87. The summed E-state index contributed by atoms with van der Waals surface area (Å²) in [6.07, 6.45) is 6.65. The van der Waals surface area contributed by atoms with Crippen molar-refractivity contribution in [2.45, 2.75) is 24.9 Å². The molecule has 1 saturated carbocycles. The minimum atomic E-state index is -0.423. The van der Waals surface area contributed by atoms with Crippen LogP contribution in [0, 0.1) is 0 Å². The Labute approximate surface area is 135 Å². The summed E-state index contributed by atoms with van der Waals surface area (Å²) in [5, 5.41) is 23.0. The Morgan fingerprint density at radius 2 is 1.78 bits per heavy atom. The smallest absolute Gasteiger partial charge is 0.175 e. The number of piperazine rings is 1. The van der Waals surface area contributed by atoms with Crippen LogP contribution in [0.3, 0.4) is 0 Å². The van der Waals surface area contributed by atoms with Crippen molar-refractivity contribution >= 4 is 5.82 Å². The van der Waals surface area contributed by atoms with Crippen LogP contribution in [0.25, 0.3) is 5.82 Å². The van der Waals surface area contributed by atoms with Gasteiger partial charge in [0.2, 0.25) is 0 Å². The van der Waals surface area contributed by atoms with Crippen LogP contribution in [0.1, 0.15) is 19.3 Å². The molecule has 1 N–H and O–H groups in total. The van der Waals surface area contributed by atoms with Gasteiger partial charge in [-0.2, -0.15) is 5.10 Å². The van der Waals surface area contributed by atoms with E-state index in [-0.39, 0.29) is 0 Å². The van der Waals surface area contributed by atoms with Crippen molar-refractivity contribution in [1.82, 2.24) is 24.9 Å². The van der Waals surface area contributed by atoms with Crippen molar-refractivity contribution in [3.8, 4) is 5.82 Å². The second kappa shape index (κ2) is 5.90. The molecule has 1 aliphatic heterocycles. The van der Waals surface area contributed by atoms with Gasteiger partial charge >= 0.3 is 0 Å². The first-order chi connectivity index (χ1) is 11.2. The number of anilines is 1. The summed E-state index contributed by atoms with van der Waals surface area (Å²) in [6.45, 7) is 4.58.